The highest BCUT2D eigenvalue weighted by molar-refractivity contribution is 9.10. The predicted molar refractivity (Wildman–Crippen MR) is 147 cm³/mol. The molecule has 0 saturated carbocycles. The van der Waals surface area contributed by atoms with Crippen molar-refractivity contribution in [2.24, 2.45) is 0 Å². The van der Waals surface area contributed by atoms with Gasteiger partial charge in [0, 0.05) is 34.1 Å². The molecule has 0 radical (unpaired) electrons. The van der Waals surface area contributed by atoms with Crippen molar-refractivity contribution in [3.8, 4) is 11.1 Å². The van der Waals surface area contributed by atoms with Crippen molar-refractivity contribution in [2.75, 3.05) is 20.2 Å². The van der Waals surface area contributed by atoms with E-state index in [0.29, 0.717) is 21.9 Å². The van der Waals surface area contributed by atoms with Gasteiger partial charge in [-0.2, -0.15) is 0 Å². The average molecular weight is 560 g/mol. The van der Waals surface area contributed by atoms with Gasteiger partial charge in [0.15, 0.2) is 0 Å². The van der Waals surface area contributed by atoms with E-state index in [-0.39, 0.29) is 23.7 Å². The van der Waals surface area contributed by atoms with Gasteiger partial charge in [-0.15, -0.1) is 0 Å². The largest absolute Gasteiger partial charge is 0.464 e. The number of methoxy groups -OCH3 is 1. The van der Waals surface area contributed by atoms with Gasteiger partial charge in [0.25, 0.3) is 11.5 Å². The van der Waals surface area contributed by atoms with Crippen LogP contribution in [-0.2, 0) is 11.3 Å². The number of hydrogen-bond acceptors (Lipinski definition) is 5. The first-order valence-electron chi connectivity index (χ1n) is 12.1. The highest BCUT2D eigenvalue weighted by Gasteiger charge is 2.24. The number of hydrazine groups is 1. The molecule has 0 atom stereocenters. The van der Waals surface area contributed by atoms with E-state index in [1.54, 1.807) is 30.3 Å². The van der Waals surface area contributed by atoms with Crippen LogP contribution in [0.1, 0.15) is 39.3 Å². The molecule has 1 amide bonds. The molecule has 8 heteroatoms. The van der Waals surface area contributed by atoms with Crippen molar-refractivity contribution < 1.29 is 14.3 Å². The Kier molecular flexibility index (Phi) is 7.21. The van der Waals surface area contributed by atoms with Crippen LogP contribution in [0.5, 0.6) is 0 Å². The SMILES string of the molecule is COC(=O)c1c(-c2ccccc2)c2cc(Br)ccc2c(=O)n1Cc1ccc(C(=O)NN2CCCC2)cc1. The Balaban J connectivity index is 1.60. The number of rotatable bonds is 6. The third-order valence-electron chi connectivity index (χ3n) is 6.60. The molecule has 0 spiro atoms. The van der Waals surface area contributed by atoms with Crippen molar-refractivity contribution >= 4 is 38.6 Å². The molecule has 1 N–H and O–H groups in total. The first-order chi connectivity index (χ1) is 18.0. The number of carbonyl (C=O) groups excluding carboxylic acids is 2. The number of carbonyl (C=O) groups is 2. The molecule has 0 bridgehead atoms. The lowest BCUT2D eigenvalue weighted by atomic mass is 9.96. The molecule has 1 aromatic heterocycles. The number of esters is 1. The Hall–Kier alpha value is -3.75. The van der Waals surface area contributed by atoms with Crippen molar-refractivity contribution in [1.82, 2.24) is 15.0 Å². The van der Waals surface area contributed by atoms with E-state index in [1.807, 2.05) is 47.5 Å². The van der Waals surface area contributed by atoms with Gasteiger partial charge in [0.05, 0.1) is 13.7 Å². The number of fused-ring (bicyclic) bond motifs is 1. The minimum atomic E-state index is -0.598. The van der Waals surface area contributed by atoms with Gasteiger partial charge in [-0.1, -0.05) is 58.4 Å². The Morgan fingerprint density at radius 2 is 1.65 bits per heavy atom. The standard InChI is InChI=1S/C29H26BrN3O4/c1-37-29(36)26-25(20-7-3-2-4-8-20)24-17-22(30)13-14-23(24)28(35)33(26)18-19-9-11-21(12-10-19)27(34)31-32-15-5-6-16-32/h2-4,7-14,17H,5-6,15-16,18H2,1H3,(H,31,34). The van der Waals surface area contributed by atoms with Crippen LogP contribution in [-0.4, -0.2) is 41.7 Å². The summed E-state index contributed by atoms with van der Waals surface area (Å²) < 4.78 is 7.42. The number of nitrogens with zero attached hydrogens (tertiary/aromatic N) is 2. The van der Waals surface area contributed by atoms with Gasteiger partial charge < -0.3 is 4.74 Å². The lowest BCUT2D eigenvalue weighted by molar-refractivity contribution is 0.0588. The van der Waals surface area contributed by atoms with Gasteiger partial charge in [0.1, 0.15) is 5.69 Å². The Labute approximate surface area is 222 Å². The fraction of sp³-hybridized carbons (Fsp3) is 0.207. The molecule has 5 rings (SSSR count). The summed E-state index contributed by atoms with van der Waals surface area (Å²) in [5.74, 6) is -0.761. The summed E-state index contributed by atoms with van der Waals surface area (Å²) in [7, 11) is 1.31. The molecule has 188 valence electrons. The number of nitrogens with one attached hydrogen (secondary N) is 1. The zero-order valence-corrected chi connectivity index (χ0v) is 22.0. The maximum atomic E-state index is 13.7. The van der Waals surface area contributed by atoms with Crippen LogP contribution in [0.4, 0.5) is 0 Å². The Morgan fingerprint density at radius 1 is 0.946 bits per heavy atom. The van der Waals surface area contributed by atoms with Crippen molar-refractivity contribution in [2.45, 2.75) is 19.4 Å². The van der Waals surface area contributed by atoms with Crippen LogP contribution >= 0.6 is 15.9 Å². The first-order valence-corrected chi connectivity index (χ1v) is 12.9. The molecule has 37 heavy (non-hydrogen) atoms. The quantitative estimate of drug-likeness (QED) is 0.336. The zero-order valence-electron chi connectivity index (χ0n) is 20.4. The fourth-order valence-corrected chi connectivity index (χ4v) is 5.12. The van der Waals surface area contributed by atoms with Gasteiger partial charge in [-0.05, 0) is 59.7 Å². The molecule has 3 aromatic carbocycles. The van der Waals surface area contributed by atoms with E-state index >= 15 is 0 Å². The molecule has 2 heterocycles. The van der Waals surface area contributed by atoms with Crippen LogP contribution < -0.4 is 11.0 Å². The average Bonchev–Trinajstić information content (AvgIpc) is 3.43. The van der Waals surface area contributed by atoms with Gasteiger partial charge in [0.2, 0.25) is 0 Å². The molecule has 0 aliphatic carbocycles. The van der Waals surface area contributed by atoms with Crippen LogP contribution in [0, 0.1) is 0 Å². The van der Waals surface area contributed by atoms with Crippen molar-refractivity contribution in [1.29, 1.82) is 0 Å². The van der Waals surface area contributed by atoms with E-state index in [2.05, 4.69) is 21.4 Å². The maximum Gasteiger partial charge on any atom is 0.355 e. The van der Waals surface area contributed by atoms with Crippen LogP contribution in [0.25, 0.3) is 21.9 Å². The summed E-state index contributed by atoms with van der Waals surface area (Å²) in [6.45, 7) is 1.85. The third-order valence-corrected chi connectivity index (χ3v) is 7.09. The fourth-order valence-electron chi connectivity index (χ4n) is 4.76. The molecule has 4 aromatic rings. The van der Waals surface area contributed by atoms with E-state index in [1.165, 1.54) is 11.7 Å². The molecular formula is C29H26BrN3O4. The maximum absolute atomic E-state index is 13.7. The van der Waals surface area contributed by atoms with Gasteiger partial charge in [-0.3, -0.25) is 19.6 Å². The van der Waals surface area contributed by atoms with Gasteiger partial charge >= 0.3 is 5.97 Å². The number of benzene rings is 3. The summed E-state index contributed by atoms with van der Waals surface area (Å²) in [6, 6.07) is 22.0. The summed E-state index contributed by atoms with van der Waals surface area (Å²) in [6.07, 6.45) is 2.15. The smallest absolute Gasteiger partial charge is 0.355 e. The normalized spacial score (nSPS) is 13.6. The molecule has 1 aliphatic heterocycles. The summed E-state index contributed by atoms with van der Waals surface area (Å²) in [4.78, 5) is 39.5. The number of halogens is 1. The van der Waals surface area contributed by atoms with Crippen molar-refractivity contribution in [3.63, 3.8) is 0 Å². The summed E-state index contributed by atoms with van der Waals surface area (Å²) >= 11 is 3.50. The minimum absolute atomic E-state index is 0.142. The Bertz CT molecular complexity index is 1530. The predicted octanol–water partition coefficient (Wildman–Crippen LogP) is 5.01. The second kappa shape index (κ2) is 10.7. The molecule has 0 unspecified atom stereocenters. The van der Waals surface area contributed by atoms with Crippen LogP contribution in [0.2, 0.25) is 0 Å². The van der Waals surface area contributed by atoms with Crippen LogP contribution in [0.15, 0.2) is 82.1 Å². The summed E-state index contributed by atoms with van der Waals surface area (Å²) in [5.41, 5.74) is 5.56. The molecule has 1 aliphatic rings. The number of amides is 1. The van der Waals surface area contributed by atoms with Crippen molar-refractivity contribution in [3.05, 3.63) is 104 Å². The monoisotopic (exact) mass is 559 g/mol. The lowest BCUT2D eigenvalue weighted by Gasteiger charge is -2.19. The highest BCUT2D eigenvalue weighted by atomic mass is 79.9. The zero-order chi connectivity index (χ0) is 25.9. The van der Waals surface area contributed by atoms with E-state index < -0.39 is 5.97 Å². The van der Waals surface area contributed by atoms with E-state index in [4.69, 9.17) is 4.74 Å². The second-order valence-corrected chi connectivity index (χ2v) is 9.91. The topological polar surface area (TPSA) is 80.6 Å². The number of aromatic nitrogens is 1. The Morgan fingerprint density at radius 3 is 2.32 bits per heavy atom. The molecule has 1 saturated heterocycles. The van der Waals surface area contributed by atoms with E-state index in [0.717, 1.165) is 41.5 Å². The molecular weight excluding hydrogens is 534 g/mol. The first kappa shape index (κ1) is 24.9. The number of pyridine rings is 1. The third kappa shape index (κ3) is 5.08. The molecule has 1 fully saturated rings. The van der Waals surface area contributed by atoms with Gasteiger partial charge in [-0.25, -0.2) is 9.80 Å². The highest BCUT2D eigenvalue weighted by Crippen LogP contribution is 2.33. The number of ether oxygens (including phenoxy) is 1. The van der Waals surface area contributed by atoms with E-state index in [9.17, 15) is 14.4 Å². The van der Waals surface area contributed by atoms with Crippen LogP contribution in [0.3, 0.4) is 0 Å². The minimum Gasteiger partial charge on any atom is -0.464 e. The lowest BCUT2D eigenvalue weighted by Crippen LogP contribution is -2.39. The molecule has 7 nitrogen and oxygen atoms in total. The second-order valence-electron chi connectivity index (χ2n) is 8.99. The summed E-state index contributed by atoms with van der Waals surface area (Å²) in [5, 5.41) is 3.09. The number of hydrogen-bond donors (Lipinski definition) is 1.